The van der Waals surface area contributed by atoms with Crippen molar-refractivity contribution in [3.63, 3.8) is 0 Å². The van der Waals surface area contributed by atoms with E-state index < -0.39 is 0 Å². The minimum atomic E-state index is -0.295. The van der Waals surface area contributed by atoms with Gasteiger partial charge in [-0.15, -0.1) is 0 Å². The molecule has 2 aromatic carbocycles. The number of hydrogen-bond donors (Lipinski definition) is 1. The monoisotopic (exact) mass is 357 g/mol. The lowest BCUT2D eigenvalue weighted by molar-refractivity contribution is 0.301. The van der Waals surface area contributed by atoms with Crippen LogP contribution in [0.15, 0.2) is 40.9 Å². The Morgan fingerprint density at radius 3 is 2.70 bits per heavy atom. The molecule has 2 N–H and O–H groups in total. The molecule has 0 saturated heterocycles. The minimum Gasteiger partial charge on any atom is -0.489 e. The highest BCUT2D eigenvalue weighted by atomic mass is 79.9. The van der Waals surface area contributed by atoms with E-state index in [1.807, 2.05) is 6.92 Å². The van der Waals surface area contributed by atoms with Crippen molar-refractivity contribution in [2.24, 2.45) is 5.73 Å². The molecule has 0 bridgehead atoms. The molecular weight excluding hydrogens is 345 g/mol. The molecule has 0 spiro atoms. The molecule has 20 heavy (non-hydrogen) atoms. The third kappa shape index (κ3) is 3.72. The van der Waals surface area contributed by atoms with Gasteiger partial charge in [0, 0.05) is 16.6 Å². The predicted octanol–water partition coefficient (Wildman–Crippen LogP) is 4.84. The first-order valence-electron chi connectivity index (χ1n) is 6.09. The van der Waals surface area contributed by atoms with E-state index in [0.717, 1.165) is 11.1 Å². The van der Waals surface area contributed by atoms with Crippen LogP contribution in [0, 0.1) is 5.82 Å². The Hall–Kier alpha value is -1.10. The van der Waals surface area contributed by atoms with Crippen LogP contribution in [0.3, 0.4) is 0 Å². The van der Waals surface area contributed by atoms with Gasteiger partial charge in [-0.05, 0) is 58.7 Å². The number of rotatable bonds is 4. The fourth-order valence-electron chi connectivity index (χ4n) is 1.80. The molecule has 2 nitrogen and oxygen atoms in total. The molecule has 5 heteroatoms. The van der Waals surface area contributed by atoms with Gasteiger partial charge in [0.2, 0.25) is 0 Å². The van der Waals surface area contributed by atoms with Crippen LogP contribution in [-0.4, -0.2) is 0 Å². The van der Waals surface area contributed by atoms with Gasteiger partial charge in [0.25, 0.3) is 0 Å². The van der Waals surface area contributed by atoms with Crippen LogP contribution in [0.1, 0.15) is 24.1 Å². The van der Waals surface area contributed by atoms with Gasteiger partial charge in [0.15, 0.2) is 0 Å². The van der Waals surface area contributed by atoms with E-state index in [1.165, 1.54) is 6.07 Å². The molecule has 0 radical (unpaired) electrons. The maximum atomic E-state index is 13.2. The van der Waals surface area contributed by atoms with Crippen LogP contribution in [0.25, 0.3) is 0 Å². The summed E-state index contributed by atoms with van der Waals surface area (Å²) in [5, 5.41) is 0.620. The summed E-state index contributed by atoms with van der Waals surface area (Å²) in [5.74, 6) is 0.390. The molecule has 0 saturated carbocycles. The Morgan fingerprint density at radius 1 is 1.30 bits per heavy atom. The highest BCUT2D eigenvalue weighted by Gasteiger charge is 2.09. The topological polar surface area (TPSA) is 35.2 Å². The Morgan fingerprint density at radius 2 is 2.05 bits per heavy atom. The molecule has 106 valence electrons. The Labute approximate surface area is 130 Å². The van der Waals surface area contributed by atoms with Gasteiger partial charge in [-0.2, -0.15) is 0 Å². The van der Waals surface area contributed by atoms with E-state index in [9.17, 15) is 4.39 Å². The third-order valence-electron chi connectivity index (χ3n) is 2.84. The number of nitrogens with two attached hydrogens (primary N) is 1. The van der Waals surface area contributed by atoms with Gasteiger partial charge in [-0.1, -0.05) is 17.7 Å². The molecule has 1 unspecified atom stereocenters. The number of hydrogen-bond acceptors (Lipinski definition) is 2. The van der Waals surface area contributed by atoms with Crippen molar-refractivity contribution in [3.8, 4) is 5.75 Å². The Balaban J connectivity index is 2.16. The van der Waals surface area contributed by atoms with Gasteiger partial charge in [-0.25, -0.2) is 4.39 Å². The molecule has 0 aliphatic heterocycles. The maximum absolute atomic E-state index is 13.2. The molecular formula is C15H14BrClFNO. The van der Waals surface area contributed by atoms with Crippen molar-refractivity contribution in [1.82, 2.24) is 0 Å². The summed E-state index contributed by atoms with van der Waals surface area (Å²) in [6, 6.07) is 9.93. The average molecular weight is 359 g/mol. The molecule has 0 aromatic heterocycles. The van der Waals surface area contributed by atoms with Crippen molar-refractivity contribution < 1.29 is 9.13 Å². The maximum Gasteiger partial charge on any atom is 0.137 e. The van der Waals surface area contributed by atoms with Crippen molar-refractivity contribution in [1.29, 1.82) is 0 Å². The third-order valence-corrected chi connectivity index (χ3v) is 3.68. The van der Waals surface area contributed by atoms with Crippen LogP contribution >= 0.6 is 27.5 Å². The van der Waals surface area contributed by atoms with Crippen LogP contribution in [0.2, 0.25) is 5.02 Å². The zero-order valence-corrected chi connectivity index (χ0v) is 13.2. The second kappa shape index (κ2) is 6.57. The lowest BCUT2D eigenvalue weighted by Crippen LogP contribution is -2.08. The van der Waals surface area contributed by atoms with Crippen LogP contribution < -0.4 is 10.5 Å². The first-order valence-corrected chi connectivity index (χ1v) is 7.26. The highest BCUT2D eigenvalue weighted by molar-refractivity contribution is 9.10. The first-order chi connectivity index (χ1) is 9.47. The lowest BCUT2D eigenvalue weighted by Gasteiger charge is -2.14. The average Bonchev–Trinajstić information content (AvgIpc) is 2.41. The van der Waals surface area contributed by atoms with Crippen LogP contribution in [-0.2, 0) is 6.61 Å². The summed E-state index contributed by atoms with van der Waals surface area (Å²) in [6.07, 6.45) is 0. The lowest BCUT2D eigenvalue weighted by atomic mass is 10.1. The Kier molecular flexibility index (Phi) is 5.02. The highest BCUT2D eigenvalue weighted by Crippen LogP contribution is 2.28. The molecule has 0 heterocycles. The summed E-state index contributed by atoms with van der Waals surface area (Å²) in [4.78, 5) is 0. The van der Waals surface area contributed by atoms with Crippen LogP contribution in [0.5, 0.6) is 5.75 Å². The van der Waals surface area contributed by atoms with Gasteiger partial charge in [0.05, 0.1) is 4.47 Å². The first kappa shape index (κ1) is 15.3. The van der Waals surface area contributed by atoms with E-state index in [0.29, 0.717) is 21.9 Å². The van der Waals surface area contributed by atoms with Gasteiger partial charge in [-0.3, -0.25) is 0 Å². The minimum absolute atomic E-state index is 0.177. The summed E-state index contributed by atoms with van der Waals surface area (Å²) >= 11 is 9.11. The number of halogens is 3. The fraction of sp³-hybridized carbons (Fsp3) is 0.200. The second-order valence-electron chi connectivity index (χ2n) is 4.51. The van der Waals surface area contributed by atoms with Gasteiger partial charge in [0.1, 0.15) is 18.2 Å². The summed E-state index contributed by atoms with van der Waals surface area (Å²) < 4.78 is 19.3. The second-order valence-corrected chi connectivity index (χ2v) is 5.80. The summed E-state index contributed by atoms with van der Waals surface area (Å²) in [6.45, 7) is 2.20. The van der Waals surface area contributed by atoms with E-state index in [-0.39, 0.29) is 11.9 Å². The predicted molar refractivity (Wildman–Crippen MR) is 82.5 cm³/mol. The Bertz CT molecular complexity index is 619. The molecule has 0 aliphatic rings. The van der Waals surface area contributed by atoms with E-state index in [4.69, 9.17) is 22.1 Å². The number of benzene rings is 2. The van der Waals surface area contributed by atoms with E-state index >= 15 is 0 Å². The molecule has 1 atom stereocenters. The SMILES string of the molecule is CC(N)c1cc(Cl)ccc1OCc1ccc(F)c(Br)c1. The van der Waals surface area contributed by atoms with Crippen molar-refractivity contribution in [2.75, 3.05) is 0 Å². The van der Waals surface area contributed by atoms with Crippen molar-refractivity contribution >= 4 is 27.5 Å². The largest absolute Gasteiger partial charge is 0.489 e. The molecule has 2 aromatic rings. The molecule has 0 aliphatic carbocycles. The van der Waals surface area contributed by atoms with Crippen LogP contribution in [0.4, 0.5) is 4.39 Å². The molecule has 0 fully saturated rings. The zero-order valence-electron chi connectivity index (χ0n) is 10.9. The molecule has 0 amide bonds. The van der Waals surface area contributed by atoms with E-state index in [2.05, 4.69) is 15.9 Å². The molecule has 2 rings (SSSR count). The standard InChI is InChI=1S/C15H14BrClFNO/c1-9(19)12-7-11(17)3-5-15(12)20-8-10-2-4-14(18)13(16)6-10/h2-7,9H,8,19H2,1H3. The van der Waals surface area contributed by atoms with Crippen molar-refractivity contribution in [2.45, 2.75) is 19.6 Å². The smallest absolute Gasteiger partial charge is 0.137 e. The van der Waals surface area contributed by atoms with E-state index in [1.54, 1.807) is 30.3 Å². The summed E-state index contributed by atoms with van der Waals surface area (Å²) in [7, 11) is 0. The fourth-order valence-corrected chi connectivity index (χ4v) is 2.40. The zero-order chi connectivity index (χ0) is 14.7. The van der Waals surface area contributed by atoms with Gasteiger partial charge >= 0.3 is 0 Å². The summed E-state index contributed by atoms with van der Waals surface area (Å²) in [5.41, 5.74) is 7.61. The van der Waals surface area contributed by atoms with Crippen molar-refractivity contribution in [3.05, 3.63) is 62.8 Å². The number of ether oxygens (including phenoxy) is 1. The normalized spacial score (nSPS) is 12.2. The quantitative estimate of drug-likeness (QED) is 0.848. The van der Waals surface area contributed by atoms with Gasteiger partial charge < -0.3 is 10.5 Å².